The number of halogens is 1. The van der Waals surface area contributed by atoms with E-state index in [0.29, 0.717) is 42.9 Å². The number of rotatable bonds is 5. The average molecular weight is 385 g/mol. The summed E-state index contributed by atoms with van der Waals surface area (Å²) in [5, 5.41) is 0. The number of benzene rings is 2. The first-order chi connectivity index (χ1) is 13.7. The number of hydrogen-bond donors (Lipinski definition) is 0. The van der Waals surface area contributed by atoms with E-state index >= 15 is 0 Å². The van der Waals surface area contributed by atoms with Crippen LogP contribution in [0.1, 0.15) is 19.3 Å². The molecule has 1 saturated heterocycles. The molecule has 2 aliphatic heterocycles. The standard InChI is InChI=1S/C22H24FNO4/c23-17-4-3-5-18(14-17)26-13-10-16-8-11-24(12-9-16)22(25)21-15-27-19-6-1-2-7-20(19)28-21/h1-7,14,16,21H,8-13,15H2. The quantitative estimate of drug-likeness (QED) is 0.788. The lowest BCUT2D eigenvalue weighted by Crippen LogP contribution is -2.49. The van der Waals surface area contributed by atoms with Crippen molar-refractivity contribution < 1.29 is 23.4 Å². The molecular weight excluding hydrogens is 361 g/mol. The molecule has 1 fully saturated rings. The Kier molecular flexibility index (Phi) is 5.65. The van der Waals surface area contributed by atoms with Crippen molar-refractivity contribution in [2.24, 2.45) is 5.92 Å². The van der Waals surface area contributed by atoms with Crippen LogP contribution in [0.25, 0.3) is 0 Å². The lowest BCUT2D eigenvalue weighted by Gasteiger charge is -2.35. The van der Waals surface area contributed by atoms with E-state index in [1.165, 1.54) is 12.1 Å². The van der Waals surface area contributed by atoms with Gasteiger partial charge in [-0.15, -0.1) is 0 Å². The Morgan fingerprint density at radius 3 is 2.68 bits per heavy atom. The normalized spacial score (nSPS) is 19.3. The fourth-order valence-electron chi connectivity index (χ4n) is 3.69. The van der Waals surface area contributed by atoms with Crippen LogP contribution in [0, 0.1) is 11.7 Å². The summed E-state index contributed by atoms with van der Waals surface area (Å²) in [6, 6.07) is 13.6. The molecule has 1 amide bonds. The number of carbonyl (C=O) groups excluding carboxylic acids is 1. The van der Waals surface area contributed by atoms with Crippen LogP contribution >= 0.6 is 0 Å². The number of hydrogen-bond acceptors (Lipinski definition) is 4. The van der Waals surface area contributed by atoms with Crippen molar-refractivity contribution >= 4 is 5.91 Å². The van der Waals surface area contributed by atoms with Gasteiger partial charge >= 0.3 is 0 Å². The third-order valence-electron chi connectivity index (χ3n) is 5.30. The highest BCUT2D eigenvalue weighted by Crippen LogP contribution is 2.32. The molecule has 0 N–H and O–H groups in total. The summed E-state index contributed by atoms with van der Waals surface area (Å²) in [7, 11) is 0. The average Bonchev–Trinajstić information content (AvgIpc) is 2.73. The van der Waals surface area contributed by atoms with Crippen molar-refractivity contribution in [3.63, 3.8) is 0 Å². The van der Waals surface area contributed by atoms with Gasteiger partial charge in [0.1, 0.15) is 18.2 Å². The van der Waals surface area contributed by atoms with E-state index in [4.69, 9.17) is 14.2 Å². The molecule has 2 aromatic rings. The van der Waals surface area contributed by atoms with Gasteiger partial charge in [-0.05, 0) is 49.4 Å². The largest absolute Gasteiger partial charge is 0.493 e. The lowest BCUT2D eigenvalue weighted by molar-refractivity contribution is -0.142. The maximum atomic E-state index is 13.2. The highest BCUT2D eigenvalue weighted by Gasteiger charge is 2.33. The van der Waals surface area contributed by atoms with E-state index in [0.717, 1.165) is 19.3 Å². The maximum absolute atomic E-state index is 13.2. The van der Waals surface area contributed by atoms with Crippen molar-refractivity contribution in [3.05, 3.63) is 54.3 Å². The van der Waals surface area contributed by atoms with Crippen molar-refractivity contribution in [1.82, 2.24) is 4.90 Å². The van der Waals surface area contributed by atoms with Crippen LogP contribution in [0.3, 0.4) is 0 Å². The van der Waals surface area contributed by atoms with Crippen molar-refractivity contribution in [3.8, 4) is 17.2 Å². The molecule has 1 atom stereocenters. The molecule has 2 heterocycles. The first kappa shape index (κ1) is 18.6. The van der Waals surface area contributed by atoms with Gasteiger partial charge < -0.3 is 19.1 Å². The molecule has 5 nitrogen and oxygen atoms in total. The summed E-state index contributed by atoms with van der Waals surface area (Å²) in [6.45, 7) is 2.23. The van der Waals surface area contributed by atoms with Crippen molar-refractivity contribution in [1.29, 1.82) is 0 Å². The molecule has 0 aromatic heterocycles. The molecule has 28 heavy (non-hydrogen) atoms. The molecular formula is C22H24FNO4. The summed E-state index contributed by atoms with van der Waals surface area (Å²) in [6.07, 6.45) is 2.18. The summed E-state index contributed by atoms with van der Waals surface area (Å²) >= 11 is 0. The molecule has 0 saturated carbocycles. The second-order valence-corrected chi connectivity index (χ2v) is 7.23. The van der Waals surface area contributed by atoms with E-state index < -0.39 is 6.10 Å². The zero-order valence-corrected chi connectivity index (χ0v) is 15.7. The zero-order chi connectivity index (χ0) is 19.3. The van der Waals surface area contributed by atoms with E-state index in [9.17, 15) is 9.18 Å². The minimum Gasteiger partial charge on any atom is -0.493 e. The second-order valence-electron chi connectivity index (χ2n) is 7.23. The molecule has 0 bridgehead atoms. The van der Waals surface area contributed by atoms with Crippen LogP contribution in [0.4, 0.5) is 4.39 Å². The van der Waals surface area contributed by atoms with Gasteiger partial charge in [-0.2, -0.15) is 0 Å². The van der Waals surface area contributed by atoms with Gasteiger partial charge in [-0.3, -0.25) is 4.79 Å². The maximum Gasteiger partial charge on any atom is 0.267 e. The fourth-order valence-corrected chi connectivity index (χ4v) is 3.69. The minimum atomic E-state index is -0.581. The summed E-state index contributed by atoms with van der Waals surface area (Å²) < 4.78 is 30.3. The van der Waals surface area contributed by atoms with Crippen LogP contribution in [-0.2, 0) is 4.79 Å². The summed E-state index contributed by atoms with van der Waals surface area (Å²) in [5.74, 6) is 2.06. The van der Waals surface area contributed by atoms with E-state index in [1.54, 1.807) is 12.1 Å². The van der Waals surface area contributed by atoms with Crippen molar-refractivity contribution in [2.45, 2.75) is 25.4 Å². The van der Waals surface area contributed by atoms with Crippen LogP contribution in [0.15, 0.2) is 48.5 Å². The molecule has 2 aliphatic rings. The Balaban J connectivity index is 1.21. The minimum absolute atomic E-state index is 0.0102. The summed E-state index contributed by atoms with van der Waals surface area (Å²) in [5.41, 5.74) is 0. The molecule has 4 rings (SSSR count). The summed E-state index contributed by atoms with van der Waals surface area (Å²) in [4.78, 5) is 14.6. The molecule has 6 heteroatoms. The Labute approximate surface area is 164 Å². The molecule has 0 aliphatic carbocycles. The third-order valence-corrected chi connectivity index (χ3v) is 5.30. The van der Waals surface area contributed by atoms with Crippen LogP contribution in [0.5, 0.6) is 17.2 Å². The van der Waals surface area contributed by atoms with E-state index in [1.807, 2.05) is 29.2 Å². The SMILES string of the molecule is O=C(C1COc2ccccc2O1)N1CCC(CCOc2cccc(F)c2)CC1. The number of amides is 1. The predicted octanol–water partition coefficient (Wildman–Crippen LogP) is 3.67. The van der Waals surface area contributed by atoms with Crippen LogP contribution < -0.4 is 14.2 Å². The van der Waals surface area contributed by atoms with E-state index in [2.05, 4.69) is 0 Å². The second kappa shape index (κ2) is 8.50. The number of nitrogens with zero attached hydrogens (tertiary/aromatic N) is 1. The van der Waals surface area contributed by atoms with Crippen molar-refractivity contribution in [2.75, 3.05) is 26.3 Å². The highest BCUT2D eigenvalue weighted by atomic mass is 19.1. The number of likely N-dealkylation sites (tertiary alicyclic amines) is 1. The number of ether oxygens (including phenoxy) is 3. The Bertz CT molecular complexity index is 820. The highest BCUT2D eigenvalue weighted by molar-refractivity contribution is 5.82. The smallest absolute Gasteiger partial charge is 0.267 e. The molecule has 148 valence electrons. The number of carbonyl (C=O) groups is 1. The van der Waals surface area contributed by atoms with Gasteiger partial charge in [0.2, 0.25) is 6.10 Å². The van der Waals surface area contributed by atoms with Crippen LogP contribution in [0.2, 0.25) is 0 Å². The number of fused-ring (bicyclic) bond motifs is 1. The van der Waals surface area contributed by atoms with E-state index in [-0.39, 0.29) is 18.3 Å². The topological polar surface area (TPSA) is 48.0 Å². The molecule has 1 unspecified atom stereocenters. The fraction of sp³-hybridized carbons (Fsp3) is 0.409. The Morgan fingerprint density at radius 1 is 1.11 bits per heavy atom. The Hall–Kier alpha value is -2.76. The molecule has 0 radical (unpaired) electrons. The first-order valence-electron chi connectivity index (χ1n) is 9.74. The first-order valence-corrected chi connectivity index (χ1v) is 9.74. The molecule has 0 spiro atoms. The van der Waals surface area contributed by atoms with Gasteiger partial charge in [0.05, 0.1) is 6.61 Å². The number of piperidine rings is 1. The molecule has 2 aromatic carbocycles. The van der Waals surface area contributed by atoms with Gasteiger partial charge in [0.25, 0.3) is 5.91 Å². The Morgan fingerprint density at radius 2 is 1.89 bits per heavy atom. The zero-order valence-electron chi connectivity index (χ0n) is 15.7. The van der Waals surface area contributed by atoms with Gasteiger partial charge in [0.15, 0.2) is 11.5 Å². The lowest BCUT2D eigenvalue weighted by atomic mass is 9.93. The van der Waals surface area contributed by atoms with Gasteiger partial charge in [0, 0.05) is 19.2 Å². The van der Waals surface area contributed by atoms with Gasteiger partial charge in [-0.1, -0.05) is 18.2 Å². The number of para-hydroxylation sites is 2. The monoisotopic (exact) mass is 385 g/mol. The van der Waals surface area contributed by atoms with Crippen LogP contribution in [-0.4, -0.2) is 43.2 Å². The third kappa shape index (κ3) is 4.38. The van der Waals surface area contributed by atoms with Gasteiger partial charge in [-0.25, -0.2) is 4.39 Å². The predicted molar refractivity (Wildman–Crippen MR) is 102 cm³/mol.